The zero-order chi connectivity index (χ0) is 22.6. The molecule has 0 atom stereocenters. The van der Waals surface area contributed by atoms with E-state index < -0.39 is 65.6 Å². The summed E-state index contributed by atoms with van der Waals surface area (Å²) in [6.07, 6.45) is 0. The third-order valence-corrected chi connectivity index (χ3v) is 3.48. The zero-order valence-electron chi connectivity index (χ0n) is 14.3. The fourth-order valence-electron chi connectivity index (χ4n) is 2.14. The summed E-state index contributed by atoms with van der Waals surface area (Å²) >= 11 is 0. The predicted octanol–water partition coefficient (Wildman–Crippen LogP) is 1.90. The Balaban J connectivity index is 2.27. The van der Waals surface area contributed by atoms with Crippen LogP contribution in [0, 0.1) is 40.5 Å². The maximum Gasteiger partial charge on any atom is 0.314 e. The molecule has 0 aliphatic rings. The number of benzene rings is 2. The fraction of sp³-hybridized carbons (Fsp3) is 0. The number of non-ortho nitro benzene ring substituents is 2. The SMILES string of the molecule is O=C(Nc1ccc([N+](=O)[O-])cc1[N+](=O)[O-])C(=O)Nc1ccc([N+](=O)[O-])cc1[N+](=O)[O-]. The Morgan fingerprint density at radius 2 is 0.933 bits per heavy atom. The van der Waals surface area contributed by atoms with E-state index in [4.69, 9.17) is 0 Å². The van der Waals surface area contributed by atoms with Crippen molar-refractivity contribution in [1.29, 1.82) is 0 Å². The molecule has 2 amide bonds. The molecule has 16 heteroatoms. The average Bonchev–Trinajstić information content (AvgIpc) is 2.67. The average molecular weight is 420 g/mol. The van der Waals surface area contributed by atoms with Gasteiger partial charge in [0, 0.05) is 12.1 Å². The summed E-state index contributed by atoms with van der Waals surface area (Å²) < 4.78 is 0. The van der Waals surface area contributed by atoms with Crippen molar-refractivity contribution in [3.05, 3.63) is 76.9 Å². The van der Waals surface area contributed by atoms with Crippen LogP contribution in [0.5, 0.6) is 0 Å². The normalized spacial score (nSPS) is 10.0. The maximum absolute atomic E-state index is 12.0. The second-order valence-electron chi connectivity index (χ2n) is 5.34. The van der Waals surface area contributed by atoms with Crippen molar-refractivity contribution in [1.82, 2.24) is 0 Å². The van der Waals surface area contributed by atoms with Crippen molar-refractivity contribution >= 4 is 45.9 Å². The second kappa shape index (κ2) is 8.33. The van der Waals surface area contributed by atoms with E-state index in [0.717, 1.165) is 24.3 Å². The van der Waals surface area contributed by atoms with E-state index in [1.54, 1.807) is 0 Å². The maximum atomic E-state index is 12.0. The number of rotatable bonds is 6. The number of nitro benzene ring substituents is 4. The van der Waals surface area contributed by atoms with Gasteiger partial charge in [0.15, 0.2) is 0 Å². The lowest BCUT2D eigenvalue weighted by Gasteiger charge is -2.07. The van der Waals surface area contributed by atoms with Crippen LogP contribution in [0.25, 0.3) is 0 Å². The molecule has 30 heavy (non-hydrogen) atoms. The Morgan fingerprint density at radius 3 is 1.20 bits per heavy atom. The highest BCUT2D eigenvalue weighted by molar-refractivity contribution is 6.44. The smallest absolute Gasteiger partial charge is 0.312 e. The number of carbonyl (C=O) groups is 2. The zero-order valence-corrected chi connectivity index (χ0v) is 14.3. The van der Waals surface area contributed by atoms with Crippen molar-refractivity contribution in [2.24, 2.45) is 0 Å². The third-order valence-electron chi connectivity index (χ3n) is 3.48. The third kappa shape index (κ3) is 4.63. The molecule has 0 saturated carbocycles. The summed E-state index contributed by atoms with van der Waals surface area (Å²) in [4.78, 5) is 63.7. The Labute approximate surface area is 163 Å². The Kier molecular flexibility index (Phi) is 5.91. The lowest BCUT2D eigenvalue weighted by atomic mass is 10.2. The van der Waals surface area contributed by atoms with E-state index in [9.17, 15) is 50.0 Å². The highest BCUT2D eigenvalue weighted by Gasteiger charge is 2.26. The second-order valence-corrected chi connectivity index (χ2v) is 5.34. The lowest BCUT2D eigenvalue weighted by Crippen LogP contribution is -2.29. The summed E-state index contributed by atoms with van der Waals surface area (Å²) in [5.74, 6) is -2.97. The molecular weight excluding hydrogens is 412 g/mol. The minimum absolute atomic E-state index is 0.538. The first-order valence-corrected chi connectivity index (χ1v) is 7.49. The van der Waals surface area contributed by atoms with Gasteiger partial charge in [-0.25, -0.2) is 0 Å². The molecule has 0 radical (unpaired) electrons. The molecule has 0 aliphatic carbocycles. The topological polar surface area (TPSA) is 231 Å². The molecular formula is C14H8N6O10. The lowest BCUT2D eigenvalue weighted by molar-refractivity contribution is -0.393. The van der Waals surface area contributed by atoms with Crippen molar-refractivity contribution in [3.63, 3.8) is 0 Å². The molecule has 2 aromatic carbocycles. The number of nitro groups is 4. The number of hydrogen-bond acceptors (Lipinski definition) is 10. The van der Waals surface area contributed by atoms with Crippen LogP contribution in [-0.2, 0) is 9.59 Å². The monoisotopic (exact) mass is 420 g/mol. The molecule has 0 spiro atoms. The highest BCUT2D eigenvalue weighted by atomic mass is 16.6. The number of amides is 2. The van der Waals surface area contributed by atoms with Gasteiger partial charge in [-0.1, -0.05) is 0 Å². The van der Waals surface area contributed by atoms with Crippen molar-refractivity contribution in [2.45, 2.75) is 0 Å². The predicted molar refractivity (Wildman–Crippen MR) is 96.8 cm³/mol. The van der Waals surface area contributed by atoms with E-state index in [-0.39, 0.29) is 0 Å². The number of nitrogens with one attached hydrogen (secondary N) is 2. The number of nitrogens with zero attached hydrogens (tertiary/aromatic N) is 4. The van der Waals surface area contributed by atoms with Crippen molar-refractivity contribution in [3.8, 4) is 0 Å². The molecule has 0 aliphatic heterocycles. The molecule has 0 unspecified atom stereocenters. The van der Waals surface area contributed by atoms with Crippen LogP contribution in [0.2, 0.25) is 0 Å². The largest absolute Gasteiger partial charge is 0.314 e. The Morgan fingerprint density at radius 1 is 0.600 bits per heavy atom. The van der Waals surface area contributed by atoms with Gasteiger partial charge >= 0.3 is 11.8 Å². The molecule has 0 fully saturated rings. The first kappa shape index (κ1) is 21.3. The molecule has 0 aromatic heterocycles. The summed E-state index contributed by atoms with van der Waals surface area (Å²) in [6.45, 7) is 0. The van der Waals surface area contributed by atoms with Gasteiger partial charge in [-0.15, -0.1) is 0 Å². The van der Waals surface area contributed by atoms with E-state index >= 15 is 0 Å². The molecule has 16 nitrogen and oxygen atoms in total. The summed E-state index contributed by atoms with van der Waals surface area (Å²) in [5, 5.41) is 47.2. The first-order valence-electron chi connectivity index (χ1n) is 7.49. The van der Waals surface area contributed by atoms with Crippen LogP contribution in [0.1, 0.15) is 0 Å². The first-order chi connectivity index (χ1) is 14.0. The van der Waals surface area contributed by atoms with E-state index in [0.29, 0.717) is 12.1 Å². The molecule has 154 valence electrons. The Bertz CT molecular complexity index is 1030. The van der Waals surface area contributed by atoms with Crippen molar-refractivity contribution in [2.75, 3.05) is 10.6 Å². The van der Waals surface area contributed by atoms with E-state index in [1.165, 1.54) is 0 Å². The van der Waals surface area contributed by atoms with Gasteiger partial charge in [0.05, 0.1) is 31.8 Å². The summed E-state index contributed by atoms with van der Waals surface area (Å²) in [5.41, 5.74) is -4.08. The van der Waals surface area contributed by atoms with Crippen LogP contribution in [0.15, 0.2) is 36.4 Å². The molecule has 2 rings (SSSR count). The standard InChI is InChI=1S/C14H8N6O10/c21-13(15-9-3-1-7(17(23)24)5-11(9)19(27)28)14(22)16-10-4-2-8(18(25)26)6-12(10)20(29)30/h1-6H,(H,15,21)(H,16,22). The molecule has 0 bridgehead atoms. The van der Waals surface area contributed by atoms with Crippen LogP contribution in [-0.4, -0.2) is 31.5 Å². The number of anilines is 2. The molecule has 2 aromatic rings. The van der Waals surface area contributed by atoms with E-state index in [1.807, 2.05) is 10.6 Å². The minimum Gasteiger partial charge on any atom is -0.312 e. The van der Waals surface area contributed by atoms with Crippen LogP contribution in [0.3, 0.4) is 0 Å². The van der Waals surface area contributed by atoms with Crippen LogP contribution >= 0.6 is 0 Å². The van der Waals surface area contributed by atoms with Gasteiger partial charge in [-0.3, -0.25) is 50.0 Å². The van der Waals surface area contributed by atoms with Gasteiger partial charge in [-0.05, 0) is 12.1 Å². The molecule has 0 heterocycles. The quantitative estimate of drug-likeness (QED) is 0.391. The van der Waals surface area contributed by atoms with Crippen LogP contribution in [0.4, 0.5) is 34.1 Å². The summed E-state index contributed by atoms with van der Waals surface area (Å²) in [6, 6.07) is 4.48. The fourth-order valence-corrected chi connectivity index (χ4v) is 2.14. The van der Waals surface area contributed by atoms with Gasteiger partial charge < -0.3 is 10.6 Å². The molecule has 0 saturated heterocycles. The number of carbonyl (C=O) groups excluding carboxylic acids is 2. The van der Waals surface area contributed by atoms with Crippen molar-refractivity contribution < 1.29 is 29.3 Å². The Hall–Kier alpha value is -5.02. The van der Waals surface area contributed by atoms with Gasteiger partial charge in [-0.2, -0.15) is 0 Å². The highest BCUT2D eigenvalue weighted by Crippen LogP contribution is 2.30. The number of hydrogen-bond donors (Lipinski definition) is 2. The minimum atomic E-state index is -1.49. The van der Waals surface area contributed by atoms with Gasteiger partial charge in [0.1, 0.15) is 11.4 Å². The van der Waals surface area contributed by atoms with Gasteiger partial charge in [0.25, 0.3) is 22.7 Å². The van der Waals surface area contributed by atoms with Gasteiger partial charge in [0.2, 0.25) is 0 Å². The summed E-state index contributed by atoms with van der Waals surface area (Å²) in [7, 11) is 0. The van der Waals surface area contributed by atoms with E-state index in [2.05, 4.69) is 0 Å². The molecule has 2 N–H and O–H groups in total. The van der Waals surface area contributed by atoms with Crippen LogP contribution < -0.4 is 10.6 Å².